The van der Waals surface area contributed by atoms with Crippen molar-refractivity contribution in [3.63, 3.8) is 0 Å². The molecule has 0 aliphatic heterocycles. The Morgan fingerprint density at radius 2 is 1.60 bits per heavy atom. The van der Waals surface area contributed by atoms with Gasteiger partial charge in [-0.3, -0.25) is 14.4 Å². The van der Waals surface area contributed by atoms with Crippen LogP contribution in [-0.4, -0.2) is 35.2 Å². The fourth-order valence-corrected chi connectivity index (χ4v) is 5.02. The van der Waals surface area contributed by atoms with Gasteiger partial charge >= 0.3 is 6.18 Å². The lowest BCUT2D eigenvalue weighted by molar-refractivity contribution is -0.137. The SMILES string of the molecule is COc1cc(O)ccc1/C=C(/NC(=O)c1ccccc1)C(=O)Nc1cccc(SC(C)C(=O)Nc2ccccc2C(F)(F)F)c1. The van der Waals surface area contributed by atoms with E-state index in [9.17, 15) is 32.7 Å². The maximum absolute atomic E-state index is 13.5. The standard InChI is InChI=1S/C33H28F3N3O5S/c1-20(30(41)38-27-14-7-6-13-26(27)33(34,35)36)45-25-12-8-11-23(18-25)37-32(43)28(39-31(42)21-9-4-3-5-10-21)17-22-15-16-24(40)19-29(22)44-2/h3-20,40H,1-2H3,(H,37,43)(H,38,41)(H,39,42)/b28-17+. The number of para-hydroxylation sites is 1. The van der Waals surface area contributed by atoms with E-state index in [1.807, 2.05) is 0 Å². The Morgan fingerprint density at radius 3 is 2.31 bits per heavy atom. The monoisotopic (exact) mass is 635 g/mol. The second-order valence-corrected chi connectivity index (χ2v) is 11.0. The van der Waals surface area contributed by atoms with Crippen LogP contribution in [0.2, 0.25) is 0 Å². The molecule has 4 rings (SSSR count). The quantitative estimate of drug-likeness (QED) is 0.111. The molecule has 0 aromatic heterocycles. The minimum Gasteiger partial charge on any atom is -0.508 e. The highest BCUT2D eigenvalue weighted by Crippen LogP contribution is 2.35. The van der Waals surface area contributed by atoms with E-state index in [-0.39, 0.29) is 22.9 Å². The van der Waals surface area contributed by atoms with Crippen LogP contribution in [0.25, 0.3) is 6.08 Å². The van der Waals surface area contributed by atoms with Crippen LogP contribution in [0.15, 0.2) is 108 Å². The molecule has 0 spiro atoms. The number of phenolic OH excluding ortho intramolecular Hbond substituents is 1. The number of ether oxygens (including phenoxy) is 1. The minimum absolute atomic E-state index is 0.0508. The van der Waals surface area contributed by atoms with E-state index in [4.69, 9.17) is 4.74 Å². The molecule has 1 unspecified atom stereocenters. The highest BCUT2D eigenvalue weighted by molar-refractivity contribution is 8.00. The van der Waals surface area contributed by atoms with Crippen molar-refractivity contribution in [3.05, 3.63) is 119 Å². The van der Waals surface area contributed by atoms with Gasteiger partial charge in [-0.15, -0.1) is 11.8 Å². The van der Waals surface area contributed by atoms with Crippen LogP contribution in [0, 0.1) is 0 Å². The van der Waals surface area contributed by atoms with E-state index >= 15 is 0 Å². The number of methoxy groups -OCH3 is 1. The molecular formula is C33H28F3N3O5S. The highest BCUT2D eigenvalue weighted by atomic mass is 32.2. The summed E-state index contributed by atoms with van der Waals surface area (Å²) in [5.74, 6) is -1.64. The van der Waals surface area contributed by atoms with Gasteiger partial charge in [0.15, 0.2) is 0 Å². The normalized spacial score (nSPS) is 12.2. The number of alkyl halides is 3. The topological polar surface area (TPSA) is 117 Å². The first-order valence-electron chi connectivity index (χ1n) is 13.4. The maximum atomic E-state index is 13.5. The molecule has 4 aromatic carbocycles. The number of rotatable bonds is 10. The summed E-state index contributed by atoms with van der Waals surface area (Å²) in [4.78, 5) is 39.7. The number of nitrogens with one attached hydrogen (secondary N) is 3. The molecular weight excluding hydrogens is 607 g/mol. The summed E-state index contributed by atoms with van der Waals surface area (Å²) in [5, 5.41) is 16.7. The molecule has 45 heavy (non-hydrogen) atoms. The third-order valence-electron chi connectivity index (χ3n) is 6.31. The number of carbonyl (C=O) groups excluding carboxylic acids is 3. The highest BCUT2D eigenvalue weighted by Gasteiger charge is 2.34. The second kappa shape index (κ2) is 14.5. The fraction of sp³-hybridized carbons (Fsp3) is 0.121. The van der Waals surface area contributed by atoms with Crippen molar-refractivity contribution < 1.29 is 37.4 Å². The van der Waals surface area contributed by atoms with Crippen molar-refractivity contribution >= 4 is 46.9 Å². The molecule has 0 saturated carbocycles. The summed E-state index contributed by atoms with van der Waals surface area (Å²) < 4.78 is 45.4. The third kappa shape index (κ3) is 8.89. The minimum atomic E-state index is -4.63. The van der Waals surface area contributed by atoms with Crippen LogP contribution in [0.3, 0.4) is 0 Å². The zero-order valence-corrected chi connectivity index (χ0v) is 24.8. The van der Waals surface area contributed by atoms with E-state index in [0.717, 1.165) is 17.8 Å². The van der Waals surface area contributed by atoms with Gasteiger partial charge in [0.25, 0.3) is 11.8 Å². The van der Waals surface area contributed by atoms with E-state index < -0.39 is 34.7 Å². The number of aromatic hydroxyl groups is 1. The summed E-state index contributed by atoms with van der Waals surface area (Å²) in [5.41, 5.74) is -0.360. The van der Waals surface area contributed by atoms with Gasteiger partial charge < -0.3 is 25.8 Å². The first kappa shape index (κ1) is 32.7. The fourth-order valence-electron chi connectivity index (χ4n) is 4.09. The molecule has 3 amide bonds. The summed E-state index contributed by atoms with van der Waals surface area (Å²) in [6.07, 6.45) is -3.23. The number of hydrogen-bond acceptors (Lipinski definition) is 6. The van der Waals surface area contributed by atoms with Gasteiger partial charge in [0.2, 0.25) is 5.91 Å². The average Bonchev–Trinajstić information content (AvgIpc) is 3.01. The smallest absolute Gasteiger partial charge is 0.418 e. The summed E-state index contributed by atoms with van der Waals surface area (Å²) >= 11 is 1.08. The Balaban J connectivity index is 1.52. The number of benzene rings is 4. The number of hydrogen-bond donors (Lipinski definition) is 4. The van der Waals surface area contributed by atoms with Crippen molar-refractivity contribution in [2.24, 2.45) is 0 Å². The Morgan fingerprint density at radius 1 is 0.889 bits per heavy atom. The van der Waals surface area contributed by atoms with Crippen molar-refractivity contribution in [2.75, 3.05) is 17.7 Å². The van der Waals surface area contributed by atoms with Gasteiger partial charge in [-0.25, -0.2) is 0 Å². The first-order valence-corrected chi connectivity index (χ1v) is 14.3. The van der Waals surface area contributed by atoms with Gasteiger partial charge in [0.05, 0.1) is 23.6 Å². The summed E-state index contributed by atoms with van der Waals surface area (Å²) in [6, 6.07) is 23.8. The van der Waals surface area contributed by atoms with Crippen molar-refractivity contribution in [3.8, 4) is 11.5 Å². The number of amides is 3. The number of anilines is 2. The first-order chi connectivity index (χ1) is 21.4. The second-order valence-electron chi connectivity index (χ2n) is 9.58. The third-order valence-corrected chi connectivity index (χ3v) is 7.40. The molecule has 4 N–H and O–H groups in total. The maximum Gasteiger partial charge on any atom is 0.418 e. The number of thioether (sulfide) groups is 1. The predicted molar refractivity (Wildman–Crippen MR) is 167 cm³/mol. The van der Waals surface area contributed by atoms with Crippen LogP contribution in [-0.2, 0) is 15.8 Å². The van der Waals surface area contributed by atoms with Crippen LogP contribution in [0.4, 0.5) is 24.5 Å². The molecule has 0 aliphatic carbocycles. The predicted octanol–water partition coefficient (Wildman–Crippen LogP) is 6.95. The Hall–Kier alpha value is -5.23. The van der Waals surface area contributed by atoms with Crippen LogP contribution >= 0.6 is 11.8 Å². The molecule has 12 heteroatoms. The lowest BCUT2D eigenvalue weighted by Crippen LogP contribution is -2.30. The van der Waals surface area contributed by atoms with E-state index in [2.05, 4.69) is 16.0 Å². The molecule has 0 bridgehead atoms. The Labute approximate surface area is 261 Å². The van der Waals surface area contributed by atoms with Gasteiger partial charge in [-0.05, 0) is 67.6 Å². The molecule has 4 aromatic rings. The molecule has 0 fully saturated rings. The van der Waals surface area contributed by atoms with Gasteiger partial charge in [-0.2, -0.15) is 13.2 Å². The van der Waals surface area contributed by atoms with Crippen LogP contribution < -0.4 is 20.7 Å². The van der Waals surface area contributed by atoms with E-state index in [1.165, 1.54) is 49.6 Å². The molecule has 0 aliphatic rings. The van der Waals surface area contributed by atoms with Crippen LogP contribution in [0.5, 0.6) is 11.5 Å². The van der Waals surface area contributed by atoms with E-state index in [1.54, 1.807) is 61.5 Å². The largest absolute Gasteiger partial charge is 0.508 e. The van der Waals surface area contributed by atoms with Crippen molar-refractivity contribution in [2.45, 2.75) is 23.2 Å². The van der Waals surface area contributed by atoms with Crippen molar-refractivity contribution in [1.82, 2.24) is 5.32 Å². The molecule has 0 heterocycles. The number of carbonyl (C=O) groups is 3. The van der Waals surface area contributed by atoms with Gasteiger partial charge in [-0.1, -0.05) is 36.4 Å². The molecule has 1 atom stereocenters. The van der Waals surface area contributed by atoms with Gasteiger partial charge in [0.1, 0.15) is 17.2 Å². The lowest BCUT2D eigenvalue weighted by atomic mass is 10.1. The number of phenols is 1. The molecule has 8 nitrogen and oxygen atoms in total. The number of halogens is 3. The molecule has 0 saturated heterocycles. The zero-order valence-electron chi connectivity index (χ0n) is 24.0. The molecule has 232 valence electrons. The van der Waals surface area contributed by atoms with E-state index in [0.29, 0.717) is 21.7 Å². The summed E-state index contributed by atoms with van der Waals surface area (Å²) in [6.45, 7) is 1.55. The van der Waals surface area contributed by atoms with Crippen LogP contribution in [0.1, 0.15) is 28.4 Å². The lowest BCUT2D eigenvalue weighted by Gasteiger charge is -2.16. The van der Waals surface area contributed by atoms with Gasteiger partial charge in [0, 0.05) is 27.8 Å². The van der Waals surface area contributed by atoms with Crippen molar-refractivity contribution in [1.29, 1.82) is 0 Å². The zero-order chi connectivity index (χ0) is 32.6. The average molecular weight is 636 g/mol. The Bertz CT molecular complexity index is 1730. The Kier molecular flexibility index (Phi) is 10.5. The molecule has 0 radical (unpaired) electrons. The summed E-state index contributed by atoms with van der Waals surface area (Å²) in [7, 11) is 1.40.